The average molecular weight is 234 g/mol. The lowest BCUT2D eigenvalue weighted by Crippen LogP contribution is -2.43. The largest absolute Gasteiger partial charge is 0.312 e. The molecule has 2 aliphatic rings. The minimum Gasteiger partial charge on any atom is -0.312 e. The molecule has 1 aliphatic carbocycles. The van der Waals surface area contributed by atoms with E-state index in [4.69, 9.17) is 0 Å². The van der Waals surface area contributed by atoms with Gasteiger partial charge in [-0.2, -0.15) is 0 Å². The molecular formula is C15H26N2. The van der Waals surface area contributed by atoms with Gasteiger partial charge in [-0.3, -0.25) is 4.90 Å². The zero-order valence-electron chi connectivity index (χ0n) is 11.2. The van der Waals surface area contributed by atoms with Gasteiger partial charge in [-0.05, 0) is 38.6 Å². The number of nitrogens with zero attached hydrogens (tertiary/aromatic N) is 1. The maximum absolute atomic E-state index is 3.77. The van der Waals surface area contributed by atoms with Gasteiger partial charge in [0, 0.05) is 19.1 Å². The van der Waals surface area contributed by atoms with Crippen LogP contribution >= 0.6 is 0 Å². The van der Waals surface area contributed by atoms with Crippen LogP contribution in [0.1, 0.15) is 45.4 Å². The van der Waals surface area contributed by atoms with Crippen molar-refractivity contribution in [3.63, 3.8) is 0 Å². The fourth-order valence-corrected chi connectivity index (χ4v) is 3.21. The molecule has 2 nitrogen and oxygen atoms in total. The molecule has 0 bridgehead atoms. The molecule has 1 saturated carbocycles. The van der Waals surface area contributed by atoms with E-state index < -0.39 is 0 Å². The molecule has 0 radical (unpaired) electrons. The quantitative estimate of drug-likeness (QED) is 0.737. The van der Waals surface area contributed by atoms with Crippen molar-refractivity contribution in [2.45, 2.75) is 51.5 Å². The molecule has 0 amide bonds. The summed E-state index contributed by atoms with van der Waals surface area (Å²) in [6.45, 7) is 6.51. The van der Waals surface area contributed by atoms with E-state index in [1.54, 1.807) is 0 Å². The molecule has 1 heterocycles. The van der Waals surface area contributed by atoms with E-state index in [1.165, 1.54) is 58.2 Å². The first-order valence-electron chi connectivity index (χ1n) is 7.25. The number of hydrogen-bond donors (Lipinski definition) is 1. The highest BCUT2D eigenvalue weighted by Gasteiger charge is 2.26. The van der Waals surface area contributed by atoms with Crippen molar-refractivity contribution >= 4 is 0 Å². The number of hydrogen-bond acceptors (Lipinski definition) is 2. The van der Waals surface area contributed by atoms with Crippen LogP contribution in [0, 0.1) is 17.8 Å². The summed E-state index contributed by atoms with van der Waals surface area (Å²) in [6, 6.07) is 0.719. The molecule has 1 saturated heterocycles. The van der Waals surface area contributed by atoms with Gasteiger partial charge in [0.2, 0.25) is 0 Å². The third-order valence-corrected chi connectivity index (χ3v) is 4.21. The summed E-state index contributed by atoms with van der Waals surface area (Å²) in [5, 5.41) is 3.77. The highest BCUT2D eigenvalue weighted by Crippen LogP contribution is 2.27. The Bertz CT molecular complexity index is 270. The summed E-state index contributed by atoms with van der Waals surface area (Å²) in [5.74, 6) is 7.15. The standard InChI is InChI=1S/C15H26N2/c1-2-3-11-17-12-7-10-16-15(13-17)14-8-5-4-6-9-14/h14-16H,4-13H2,1H3. The maximum atomic E-state index is 3.77. The van der Waals surface area contributed by atoms with Crippen molar-refractivity contribution in [3.8, 4) is 11.8 Å². The fourth-order valence-electron chi connectivity index (χ4n) is 3.21. The van der Waals surface area contributed by atoms with Crippen LogP contribution in [0.15, 0.2) is 0 Å². The van der Waals surface area contributed by atoms with Crippen LogP contribution in [0.5, 0.6) is 0 Å². The maximum Gasteiger partial charge on any atom is 0.0602 e. The lowest BCUT2D eigenvalue weighted by Gasteiger charge is -2.32. The van der Waals surface area contributed by atoms with Crippen LogP contribution in [0.2, 0.25) is 0 Å². The van der Waals surface area contributed by atoms with Crippen LogP contribution in [0.3, 0.4) is 0 Å². The van der Waals surface area contributed by atoms with E-state index in [0.29, 0.717) is 0 Å². The molecule has 0 aromatic rings. The SMILES string of the molecule is CC#CCN1CCCNC(C2CCCCC2)C1. The molecule has 0 spiro atoms. The Kier molecular flexibility index (Phi) is 5.35. The molecule has 2 fully saturated rings. The van der Waals surface area contributed by atoms with E-state index in [0.717, 1.165) is 18.5 Å². The van der Waals surface area contributed by atoms with Crippen molar-refractivity contribution in [2.75, 3.05) is 26.2 Å². The smallest absolute Gasteiger partial charge is 0.0602 e. The molecule has 0 aromatic carbocycles. The Morgan fingerprint density at radius 1 is 1.18 bits per heavy atom. The Morgan fingerprint density at radius 3 is 2.76 bits per heavy atom. The second-order valence-electron chi connectivity index (χ2n) is 5.47. The van der Waals surface area contributed by atoms with Gasteiger partial charge in [-0.25, -0.2) is 0 Å². The highest BCUT2D eigenvalue weighted by molar-refractivity contribution is 4.99. The fraction of sp³-hybridized carbons (Fsp3) is 0.867. The number of nitrogens with one attached hydrogen (secondary N) is 1. The van der Waals surface area contributed by atoms with Gasteiger partial charge >= 0.3 is 0 Å². The van der Waals surface area contributed by atoms with Crippen molar-refractivity contribution in [1.29, 1.82) is 0 Å². The summed E-state index contributed by atoms with van der Waals surface area (Å²) in [4.78, 5) is 2.54. The minimum absolute atomic E-state index is 0.719. The molecule has 1 atom stereocenters. The van der Waals surface area contributed by atoms with E-state index in [9.17, 15) is 0 Å². The van der Waals surface area contributed by atoms with E-state index in [1.807, 2.05) is 6.92 Å². The molecule has 2 heteroatoms. The van der Waals surface area contributed by atoms with Gasteiger partial charge in [-0.15, -0.1) is 5.92 Å². The van der Waals surface area contributed by atoms with Gasteiger partial charge in [0.05, 0.1) is 6.54 Å². The Balaban J connectivity index is 1.88. The zero-order chi connectivity index (χ0) is 11.9. The Morgan fingerprint density at radius 2 is 2.00 bits per heavy atom. The van der Waals surface area contributed by atoms with Crippen LogP contribution in [0.4, 0.5) is 0 Å². The molecule has 17 heavy (non-hydrogen) atoms. The van der Waals surface area contributed by atoms with Crippen LogP contribution in [-0.2, 0) is 0 Å². The predicted octanol–water partition coefficient (Wildman–Crippen LogP) is 2.25. The number of rotatable bonds is 2. The van der Waals surface area contributed by atoms with Gasteiger partial charge in [0.15, 0.2) is 0 Å². The third kappa shape index (κ3) is 4.01. The molecule has 96 valence electrons. The Labute approximate surface area is 106 Å². The summed E-state index contributed by atoms with van der Waals surface area (Å²) in [6.07, 6.45) is 8.48. The Hall–Kier alpha value is -0.520. The van der Waals surface area contributed by atoms with Crippen molar-refractivity contribution in [2.24, 2.45) is 5.92 Å². The topological polar surface area (TPSA) is 15.3 Å². The summed E-state index contributed by atoms with van der Waals surface area (Å²) >= 11 is 0. The monoisotopic (exact) mass is 234 g/mol. The van der Waals surface area contributed by atoms with Gasteiger partial charge < -0.3 is 5.32 Å². The molecular weight excluding hydrogens is 208 g/mol. The molecule has 2 rings (SSSR count). The van der Waals surface area contributed by atoms with Crippen molar-refractivity contribution in [3.05, 3.63) is 0 Å². The average Bonchev–Trinajstić information content (AvgIpc) is 2.63. The van der Waals surface area contributed by atoms with E-state index in [-0.39, 0.29) is 0 Å². The molecule has 1 unspecified atom stereocenters. The summed E-state index contributed by atoms with van der Waals surface area (Å²) in [5.41, 5.74) is 0. The molecule has 0 aromatic heterocycles. The minimum atomic E-state index is 0.719. The van der Waals surface area contributed by atoms with Crippen LogP contribution in [-0.4, -0.2) is 37.1 Å². The van der Waals surface area contributed by atoms with Gasteiger partial charge in [-0.1, -0.05) is 25.2 Å². The normalized spacial score (nSPS) is 28.2. The van der Waals surface area contributed by atoms with Crippen molar-refractivity contribution < 1.29 is 0 Å². The first kappa shape index (κ1) is 12.9. The van der Waals surface area contributed by atoms with Crippen LogP contribution < -0.4 is 5.32 Å². The zero-order valence-corrected chi connectivity index (χ0v) is 11.2. The second kappa shape index (κ2) is 7.03. The molecule has 1 N–H and O–H groups in total. The third-order valence-electron chi connectivity index (χ3n) is 4.21. The first-order chi connectivity index (χ1) is 8.40. The van der Waals surface area contributed by atoms with Crippen LogP contribution in [0.25, 0.3) is 0 Å². The summed E-state index contributed by atoms with van der Waals surface area (Å²) in [7, 11) is 0. The lowest BCUT2D eigenvalue weighted by molar-refractivity contribution is 0.219. The lowest BCUT2D eigenvalue weighted by atomic mass is 9.83. The second-order valence-corrected chi connectivity index (χ2v) is 5.47. The first-order valence-corrected chi connectivity index (χ1v) is 7.25. The predicted molar refractivity (Wildman–Crippen MR) is 72.9 cm³/mol. The van der Waals surface area contributed by atoms with E-state index >= 15 is 0 Å². The molecule has 1 aliphatic heterocycles. The highest BCUT2D eigenvalue weighted by atomic mass is 15.2. The van der Waals surface area contributed by atoms with Gasteiger partial charge in [0.25, 0.3) is 0 Å². The van der Waals surface area contributed by atoms with Crippen molar-refractivity contribution in [1.82, 2.24) is 10.2 Å². The summed E-state index contributed by atoms with van der Waals surface area (Å²) < 4.78 is 0. The van der Waals surface area contributed by atoms with Gasteiger partial charge in [0.1, 0.15) is 0 Å². The van der Waals surface area contributed by atoms with E-state index in [2.05, 4.69) is 22.1 Å².